The first-order chi connectivity index (χ1) is 10.1. The molecule has 6 nitrogen and oxygen atoms in total. The molecule has 21 heavy (non-hydrogen) atoms. The van der Waals surface area contributed by atoms with Gasteiger partial charge in [0.05, 0.1) is 17.9 Å². The molecule has 2 heterocycles. The van der Waals surface area contributed by atoms with Crippen LogP contribution in [0.2, 0.25) is 0 Å². The van der Waals surface area contributed by atoms with Gasteiger partial charge in [-0.25, -0.2) is 0 Å². The Morgan fingerprint density at radius 1 is 1.48 bits per heavy atom. The summed E-state index contributed by atoms with van der Waals surface area (Å²) in [6, 6.07) is 0.219. The number of amides is 1. The minimum Gasteiger partial charge on any atom is -0.396 e. The van der Waals surface area contributed by atoms with Crippen molar-refractivity contribution >= 4 is 5.91 Å². The lowest BCUT2D eigenvalue weighted by molar-refractivity contribution is -0.00698. The van der Waals surface area contributed by atoms with Crippen LogP contribution in [-0.4, -0.2) is 40.0 Å². The largest absolute Gasteiger partial charge is 0.396 e. The number of carbonyl (C=O) groups excluding carboxylic acids is 1. The number of ether oxygens (including phenoxy) is 1. The Labute approximate surface area is 124 Å². The van der Waals surface area contributed by atoms with Crippen LogP contribution in [0.15, 0.2) is 0 Å². The van der Waals surface area contributed by atoms with Crippen LogP contribution >= 0.6 is 0 Å². The molecule has 1 aliphatic carbocycles. The highest BCUT2D eigenvalue weighted by Crippen LogP contribution is 2.32. The first kappa shape index (κ1) is 14.5. The van der Waals surface area contributed by atoms with Crippen molar-refractivity contribution in [3.05, 3.63) is 17.0 Å². The molecule has 1 aromatic rings. The monoisotopic (exact) mass is 293 g/mol. The van der Waals surface area contributed by atoms with E-state index in [1.165, 1.54) is 0 Å². The molecular formula is C15H23N3O3. The van der Waals surface area contributed by atoms with Gasteiger partial charge in [-0.15, -0.1) is 0 Å². The van der Waals surface area contributed by atoms with Crippen molar-refractivity contribution in [1.29, 1.82) is 0 Å². The molecule has 116 valence electrons. The van der Waals surface area contributed by atoms with Gasteiger partial charge in [0, 0.05) is 24.6 Å². The highest BCUT2D eigenvalue weighted by Gasteiger charge is 2.33. The van der Waals surface area contributed by atoms with Gasteiger partial charge >= 0.3 is 0 Å². The molecule has 1 amide bonds. The molecule has 0 bridgehead atoms. The summed E-state index contributed by atoms with van der Waals surface area (Å²) in [6.45, 7) is 4.22. The Hall–Kier alpha value is -1.40. The number of aromatic nitrogens is 2. The summed E-state index contributed by atoms with van der Waals surface area (Å²) >= 11 is 0. The normalized spacial score (nSPS) is 31.4. The van der Waals surface area contributed by atoms with E-state index in [0.717, 1.165) is 36.9 Å². The predicted molar refractivity (Wildman–Crippen MR) is 76.9 cm³/mol. The molecule has 0 unspecified atom stereocenters. The number of aliphatic hydroxyl groups is 1. The van der Waals surface area contributed by atoms with Gasteiger partial charge in [0.1, 0.15) is 0 Å². The summed E-state index contributed by atoms with van der Waals surface area (Å²) in [5.41, 5.74) is 2.42. The average molecular weight is 293 g/mol. The third kappa shape index (κ3) is 2.82. The average Bonchev–Trinajstić information content (AvgIpc) is 2.80. The molecule has 2 atom stereocenters. The summed E-state index contributed by atoms with van der Waals surface area (Å²) in [7, 11) is 0. The van der Waals surface area contributed by atoms with E-state index in [2.05, 4.69) is 15.5 Å². The Kier molecular flexibility index (Phi) is 3.99. The number of nitrogens with zero attached hydrogens (tertiary/aromatic N) is 1. The van der Waals surface area contributed by atoms with Crippen molar-refractivity contribution < 1.29 is 14.6 Å². The summed E-state index contributed by atoms with van der Waals surface area (Å²) in [4.78, 5) is 12.4. The Bertz CT molecular complexity index is 522. The molecular weight excluding hydrogens is 270 g/mol. The van der Waals surface area contributed by atoms with Crippen molar-refractivity contribution in [3.8, 4) is 0 Å². The molecule has 3 N–H and O–H groups in total. The smallest absolute Gasteiger partial charge is 0.272 e. The summed E-state index contributed by atoms with van der Waals surface area (Å²) < 4.78 is 5.73. The molecule has 1 fully saturated rings. The van der Waals surface area contributed by atoms with Crippen molar-refractivity contribution in [2.24, 2.45) is 5.92 Å². The van der Waals surface area contributed by atoms with Crippen LogP contribution in [-0.2, 0) is 11.2 Å². The van der Waals surface area contributed by atoms with Crippen LogP contribution in [0.25, 0.3) is 0 Å². The van der Waals surface area contributed by atoms with E-state index in [9.17, 15) is 4.79 Å². The molecule has 0 aromatic carbocycles. The first-order valence-electron chi connectivity index (χ1n) is 7.72. The molecule has 1 aromatic heterocycles. The zero-order chi connectivity index (χ0) is 15.0. The number of carbonyl (C=O) groups is 1. The van der Waals surface area contributed by atoms with E-state index in [0.29, 0.717) is 11.6 Å². The molecule has 1 aliphatic heterocycles. The molecule has 6 heteroatoms. The minimum absolute atomic E-state index is 0.0459. The van der Waals surface area contributed by atoms with Crippen molar-refractivity contribution in [2.45, 2.75) is 57.8 Å². The van der Waals surface area contributed by atoms with Gasteiger partial charge < -0.3 is 15.2 Å². The lowest BCUT2D eigenvalue weighted by Crippen LogP contribution is -2.45. The van der Waals surface area contributed by atoms with E-state index < -0.39 is 0 Å². The van der Waals surface area contributed by atoms with E-state index in [-0.39, 0.29) is 30.8 Å². The molecule has 2 aliphatic rings. The second kappa shape index (κ2) is 5.77. The van der Waals surface area contributed by atoms with Crippen LogP contribution < -0.4 is 5.32 Å². The van der Waals surface area contributed by atoms with Gasteiger partial charge in [-0.3, -0.25) is 9.89 Å². The lowest BCUT2D eigenvalue weighted by Gasteiger charge is -2.35. The Balaban J connectivity index is 1.64. The van der Waals surface area contributed by atoms with Gasteiger partial charge in [-0.05, 0) is 39.0 Å². The second-order valence-electron chi connectivity index (χ2n) is 6.28. The van der Waals surface area contributed by atoms with E-state index in [1.54, 1.807) is 0 Å². The number of hydrogen-bond donors (Lipinski definition) is 3. The van der Waals surface area contributed by atoms with Crippen LogP contribution in [0.3, 0.4) is 0 Å². The molecule has 3 rings (SSSR count). The quantitative estimate of drug-likeness (QED) is 0.781. The van der Waals surface area contributed by atoms with E-state index in [1.807, 2.05) is 13.8 Å². The van der Waals surface area contributed by atoms with Crippen LogP contribution in [0.4, 0.5) is 0 Å². The third-order valence-electron chi connectivity index (χ3n) is 4.56. The van der Waals surface area contributed by atoms with Gasteiger partial charge in [-0.2, -0.15) is 5.10 Å². The maximum atomic E-state index is 12.4. The fourth-order valence-corrected chi connectivity index (χ4v) is 3.39. The van der Waals surface area contributed by atoms with Crippen molar-refractivity contribution in [3.63, 3.8) is 0 Å². The topological polar surface area (TPSA) is 87.2 Å². The fourth-order valence-electron chi connectivity index (χ4n) is 3.39. The second-order valence-corrected chi connectivity index (χ2v) is 6.28. The van der Waals surface area contributed by atoms with Gasteiger partial charge in [-0.1, -0.05) is 0 Å². The van der Waals surface area contributed by atoms with Crippen LogP contribution in [0.1, 0.15) is 61.0 Å². The van der Waals surface area contributed by atoms with Crippen LogP contribution in [0, 0.1) is 5.92 Å². The number of H-pyrrole nitrogens is 1. The highest BCUT2D eigenvalue weighted by molar-refractivity contribution is 5.94. The summed E-state index contributed by atoms with van der Waals surface area (Å²) in [6.07, 6.45) is 3.52. The van der Waals surface area contributed by atoms with E-state index >= 15 is 0 Å². The van der Waals surface area contributed by atoms with E-state index in [4.69, 9.17) is 9.84 Å². The third-order valence-corrected chi connectivity index (χ3v) is 4.56. The summed E-state index contributed by atoms with van der Waals surface area (Å²) in [5, 5.41) is 19.1. The zero-order valence-corrected chi connectivity index (χ0v) is 12.6. The maximum absolute atomic E-state index is 12.4. The number of aliphatic hydroxyl groups excluding tert-OH is 1. The number of rotatable bonds is 4. The zero-order valence-electron chi connectivity index (χ0n) is 12.6. The molecule has 0 spiro atoms. The standard InChI is InChI=1S/C15H23N3O3/c1-8-5-12-13(9(2)21-8)17-18-14(12)15(20)16-11-6-10(7-11)3-4-19/h8-11,19H,3-7H2,1-2H3,(H,16,20)(H,17,18)/t8-,9+,10?,11?/m1/s1. The van der Waals surface area contributed by atoms with Gasteiger partial charge in [0.15, 0.2) is 5.69 Å². The fraction of sp³-hybridized carbons (Fsp3) is 0.733. The SMILES string of the molecule is C[C@@H]1Cc2c(C(=O)NC3CC(CCO)C3)n[nH]c2[C@H](C)O1. The highest BCUT2D eigenvalue weighted by atomic mass is 16.5. The Morgan fingerprint density at radius 2 is 2.24 bits per heavy atom. The van der Waals surface area contributed by atoms with Crippen molar-refractivity contribution in [2.75, 3.05) is 6.61 Å². The number of aromatic amines is 1. The summed E-state index contributed by atoms with van der Waals surface area (Å²) in [5.74, 6) is 0.447. The van der Waals surface area contributed by atoms with Crippen molar-refractivity contribution in [1.82, 2.24) is 15.5 Å². The first-order valence-corrected chi connectivity index (χ1v) is 7.72. The van der Waals surface area contributed by atoms with Crippen LogP contribution in [0.5, 0.6) is 0 Å². The number of hydrogen-bond acceptors (Lipinski definition) is 4. The molecule has 0 radical (unpaired) electrons. The molecule has 0 saturated heterocycles. The number of fused-ring (bicyclic) bond motifs is 1. The minimum atomic E-state index is -0.0961. The predicted octanol–water partition coefficient (Wildman–Crippen LogP) is 1.32. The maximum Gasteiger partial charge on any atom is 0.272 e. The lowest BCUT2D eigenvalue weighted by atomic mass is 9.78. The van der Waals surface area contributed by atoms with Gasteiger partial charge in [0.2, 0.25) is 0 Å². The van der Waals surface area contributed by atoms with Gasteiger partial charge in [0.25, 0.3) is 5.91 Å². The Morgan fingerprint density at radius 3 is 2.95 bits per heavy atom. The molecule has 1 saturated carbocycles. The number of nitrogens with one attached hydrogen (secondary N) is 2.